The highest BCUT2D eigenvalue weighted by Crippen LogP contribution is 2.30. The second kappa shape index (κ2) is 10.7. The molecule has 0 heterocycles. The number of allylic oxidation sites excluding steroid dienone is 3. The second-order valence-corrected chi connectivity index (χ2v) is 7.38. The van der Waals surface area contributed by atoms with E-state index in [0.717, 1.165) is 36.2 Å². The first-order valence-corrected chi connectivity index (χ1v) is 9.52. The van der Waals surface area contributed by atoms with E-state index in [2.05, 4.69) is 33.8 Å². The van der Waals surface area contributed by atoms with Gasteiger partial charge in [0.1, 0.15) is 0 Å². The lowest BCUT2D eigenvalue weighted by Gasteiger charge is -2.22. The lowest BCUT2D eigenvalue weighted by molar-refractivity contribution is -0.137. The molecule has 0 saturated heterocycles. The van der Waals surface area contributed by atoms with Crippen LogP contribution in [0, 0.1) is 17.8 Å². The van der Waals surface area contributed by atoms with Gasteiger partial charge in [0.05, 0.1) is 6.61 Å². The van der Waals surface area contributed by atoms with Crippen molar-refractivity contribution in [1.29, 1.82) is 0 Å². The summed E-state index contributed by atoms with van der Waals surface area (Å²) < 4.78 is 5.01. The molecule has 0 saturated carbocycles. The summed E-state index contributed by atoms with van der Waals surface area (Å²) in [7, 11) is 0. The van der Waals surface area contributed by atoms with E-state index in [1.165, 1.54) is 37.7 Å². The van der Waals surface area contributed by atoms with Crippen LogP contribution in [0.25, 0.3) is 0 Å². The van der Waals surface area contributed by atoms with E-state index in [9.17, 15) is 4.79 Å². The van der Waals surface area contributed by atoms with Gasteiger partial charge in [0.25, 0.3) is 0 Å². The van der Waals surface area contributed by atoms with Crippen LogP contribution in [0.1, 0.15) is 79.6 Å². The van der Waals surface area contributed by atoms with Crippen molar-refractivity contribution in [2.24, 2.45) is 17.8 Å². The first-order chi connectivity index (χ1) is 11.0. The number of carbonyl (C=O) groups is 1. The van der Waals surface area contributed by atoms with Crippen LogP contribution in [0.2, 0.25) is 0 Å². The van der Waals surface area contributed by atoms with Crippen molar-refractivity contribution < 1.29 is 9.53 Å². The Kier molecular flexibility index (Phi) is 9.28. The minimum Gasteiger partial charge on any atom is -0.463 e. The fraction of sp³-hybridized carbons (Fsp3) is 0.762. The van der Waals surface area contributed by atoms with Gasteiger partial charge in [-0.25, -0.2) is 4.79 Å². The molecule has 0 N–H and O–H groups in total. The van der Waals surface area contributed by atoms with Crippen molar-refractivity contribution >= 4 is 5.97 Å². The molecule has 1 aliphatic rings. The van der Waals surface area contributed by atoms with E-state index < -0.39 is 0 Å². The topological polar surface area (TPSA) is 26.3 Å². The van der Waals surface area contributed by atoms with Gasteiger partial charge < -0.3 is 4.74 Å². The van der Waals surface area contributed by atoms with Gasteiger partial charge in [0.2, 0.25) is 0 Å². The molecular weight excluding hydrogens is 284 g/mol. The maximum absolute atomic E-state index is 11.6. The van der Waals surface area contributed by atoms with Crippen molar-refractivity contribution in [3.05, 3.63) is 23.3 Å². The standard InChI is InChI=1S/C21H36O2/c1-6-17(4)18(5)12-11-16(3)13-19-9-8-10-20(14-19)15-21(22)23-7-2/h14-18H,6-13H2,1-5H3. The number of rotatable bonds is 9. The number of ether oxygens (including phenoxy) is 1. The SMILES string of the molecule is CCOC(=O)C=C1C=C(CC(C)CCC(C)C(C)CC)CCC1. The molecule has 0 spiro atoms. The van der Waals surface area contributed by atoms with Gasteiger partial charge in [-0.2, -0.15) is 0 Å². The lowest BCUT2D eigenvalue weighted by Crippen LogP contribution is -2.09. The van der Waals surface area contributed by atoms with Crippen LogP contribution in [0.3, 0.4) is 0 Å². The normalized spacial score (nSPS) is 20.7. The molecule has 0 aromatic rings. The first-order valence-electron chi connectivity index (χ1n) is 9.52. The van der Waals surface area contributed by atoms with Gasteiger partial charge in [-0.1, -0.05) is 58.6 Å². The van der Waals surface area contributed by atoms with E-state index in [4.69, 9.17) is 4.74 Å². The molecule has 0 bridgehead atoms. The summed E-state index contributed by atoms with van der Waals surface area (Å²) in [5.41, 5.74) is 2.65. The summed E-state index contributed by atoms with van der Waals surface area (Å²) in [5.74, 6) is 2.18. The third-order valence-corrected chi connectivity index (χ3v) is 5.28. The Morgan fingerprint density at radius 2 is 1.91 bits per heavy atom. The lowest BCUT2D eigenvalue weighted by atomic mass is 9.84. The molecule has 0 aromatic heterocycles. The minimum atomic E-state index is -0.199. The number of hydrogen-bond donors (Lipinski definition) is 0. The summed E-state index contributed by atoms with van der Waals surface area (Å²) in [5, 5.41) is 0. The summed E-state index contributed by atoms with van der Waals surface area (Å²) in [6, 6.07) is 0. The van der Waals surface area contributed by atoms with Gasteiger partial charge in [0.15, 0.2) is 0 Å². The van der Waals surface area contributed by atoms with Crippen molar-refractivity contribution in [3.8, 4) is 0 Å². The average Bonchev–Trinajstić information content (AvgIpc) is 2.52. The predicted molar refractivity (Wildman–Crippen MR) is 98.3 cm³/mol. The van der Waals surface area contributed by atoms with Crippen LogP contribution in [0.15, 0.2) is 23.3 Å². The van der Waals surface area contributed by atoms with E-state index in [-0.39, 0.29) is 5.97 Å². The zero-order chi connectivity index (χ0) is 17.2. The smallest absolute Gasteiger partial charge is 0.331 e. The van der Waals surface area contributed by atoms with E-state index >= 15 is 0 Å². The summed E-state index contributed by atoms with van der Waals surface area (Å²) in [6.45, 7) is 11.7. The Hall–Kier alpha value is -1.05. The third kappa shape index (κ3) is 7.85. The molecular formula is C21H36O2. The molecule has 3 unspecified atom stereocenters. The zero-order valence-electron chi connectivity index (χ0n) is 15.9. The largest absolute Gasteiger partial charge is 0.463 e. The maximum Gasteiger partial charge on any atom is 0.331 e. The fourth-order valence-corrected chi connectivity index (χ4v) is 3.32. The van der Waals surface area contributed by atoms with Crippen molar-refractivity contribution in [3.63, 3.8) is 0 Å². The van der Waals surface area contributed by atoms with Crippen LogP contribution in [0.5, 0.6) is 0 Å². The maximum atomic E-state index is 11.6. The van der Waals surface area contributed by atoms with Gasteiger partial charge in [-0.05, 0) is 55.9 Å². The van der Waals surface area contributed by atoms with Gasteiger partial charge in [-0.15, -0.1) is 0 Å². The molecule has 1 aliphatic carbocycles. The van der Waals surface area contributed by atoms with E-state index in [1.807, 2.05) is 6.92 Å². The number of esters is 1. The average molecular weight is 321 g/mol. The molecule has 2 heteroatoms. The predicted octanol–water partition coefficient (Wildman–Crippen LogP) is 6.07. The molecule has 23 heavy (non-hydrogen) atoms. The van der Waals surface area contributed by atoms with Crippen molar-refractivity contribution in [1.82, 2.24) is 0 Å². The highest BCUT2D eigenvalue weighted by atomic mass is 16.5. The molecule has 0 fully saturated rings. The Labute approximate surface area is 143 Å². The Morgan fingerprint density at radius 1 is 1.17 bits per heavy atom. The summed E-state index contributed by atoms with van der Waals surface area (Å²) >= 11 is 0. The number of hydrogen-bond acceptors (Lipinski definition) is 2. The summed E-state index contributed by atoms with van der Waals surface area (Å²) in [6.07, 6.45) is 12.4. The number of carbonyl (C=O) groups excluding carboxylic acids is 1. The third-order valence-electron chi connectivity index (χ3n) is 5.28. The molecule has 2 nitrogen and oxygen atoms in total. The van der Waals surface area contributed by atoms with Crippen LogP contribution < -0.4 is 0 Å². The van der Waals surface area contributed by atoms with Gasteiger partial charge >= 0.3 is 5.97 Å². The minimum absolute atomic E-state index is 0.199. The van der Waals surface area contributed by atoms with Crippen LogP contribution in [-0.4, -0.2) is 12.6 Å². The van der Waals surface area contributed by atoms with E-state index in [1.54, 1.807) is 6.08 Å². The summed E-state index contributed by atoms with van der Waals surface area (Å²) in [4.78, 5) is 11.6. The highest BCUT2D eigenvalue weighted by Gasteiger charge is 2.15. The molecule has 3 atom stereocenters. The second-order valence-electron chi connectivity index (χ2n) is 7.38. The highest BCUT2D eigenvalue weighted by molar-refractivity contribution is 5.83. The molecule has 0 amide bonds. The van der Waals surface area contributed by atoms with Gasteiger partial charge in [0, 0.05) is 6.08 Å². The van der Waals surface area contributed by atoms with Crippen LogP contribution >= 0.6 is 0 Å². The fourth-order valence-electron chi connectivity index (χ4n) is 3.32. The Bertz CT molecular complexity index is 420. The molecule has 1 rings (SSSR count). The molecule has 0 aromatic carbocycles. The Morgan fingerprint density at radius 3 is 2.57 bits per heavy atom. The molecule has 132 valence electrons. The van der Waals surface area contributed by atoms with Gasteiger partial charge in [-0.3, -0.25) is 0 Å². The van der Waals surface area contributed by atoms with Crippen LogP contribution in [-0.2, 0) is 9.53 Å². The van der Waals surface area contributed by atoms with Crippen molar-refractivity contribution in [2.45, 2.75) is 79.6 Å². The first kappa shape index (κ1) is 20.0. The molecule has 0 aliphatic heterocycles. The molecule has 0 radical (unpaired) electrons. The van der Waals surface area contributed by atoms with Crippen molar-refractivity contribution in [2.75, 3.05) is 6.61 Å². The monoisotopic (exact) mass is 320 g/mol. The quantitative estimate of drug-likeness (QED) is 0.380. The van der Waals surface area contributed by atoms with E-state index in [0.29, 0.717) is 6.61 Å². The zero-order valence-corrected chi connectivity index (χ0v) is 15.9. The van der Waals surface area contributed by atoms with Crippen LogP contribution in [0.4, 0.5) is 0 Å². The Balaban J connectivity index is 2.48.